The zero-order chi connectivity index (χ0) is 14.5. The van der Waals surface area contributed by atoms with E-state index in [2.05, 4.69) is 10.2 Å². The van der Waals surface area contributed by atoms with Crippen molar-refractivity contribution in [1.29, 1.82) is 0 Å². The highest BCUT2D eigenvalue weighted by Gasteiger charge is 2.20. The largest absolute Gasteiger partial charge is 0.481 e. The molecule has 1 amide bonds. The molecule has 1 saturated heterocycles. The molecular weight excluding hydrogens is 256 g/mol. The molecule has 2 rings (SSSR count). The number of carboxylic acid groups (broad SMARTS) is 1. The number of benzene rings is 1. The van der Waals surface area contributed by atoms with E-state index < -0.39 is 17.8 Å². The van der Waals surface area contributed by atoms with Gasteiger partial charge in [-0.15, -0.1) is 0 Å². The van der Waals surface area contributed by atoms with Crippen LogP contribution in [0.5, 0.6) is 0 Å². The minimum Gasteiger partial charge on any atom is -0.481 e. The van der Waals surface area contributed by atoms with Gasteiger partial charge in [0, 0.05) is 24.5 Å². The molecule has 108 valence electrons. The number of carbonyl (C=O) groups excluding carboxylic acids is 1. The number of carbonyl (C=O) groups is 2. The molecule has 5 nitrogen and oxygen atoms in total. The number of nitrogens with zero attached hydrogens (tertiary/aromatic N) is 1. The van der Waals surface area contributed by atoms with Crippen LogP contribution in [0.15, 0.2) is 24.3 Å². The lowest BCUT2D eigenvalue weighted by atomic mass is 10.1. The molecule has 0 bridgehead atoms. The fourth-order valence-corrected chi connectivity index (χ4v) is 2.27. The first-order chi connectivity index (χ1) is 9.58. The Morgan fingerprint density at radius 3 is 2.30 bits per heavy atom. The summed E-state index contributed by atoms with van der Waals surface area (Å²) in [6.45, 7) is 3.52. The van der Waals surface area contributed by atoms with Crippen LogP contribution in [0.3, 0.4) is 0 Å². The van der Waals surface area contributed by atoms with Crippen molar-refractivity contribution in [2.24, 2.45) is 5.92 Å². The van der Waals surface area contributed by atoms with Crippen LogP contribution in [0.1, 0.15) is 26.2 Å². The zero-order valence-corrected chi connectivity index (χ0v) is 11.6. The summed E-state index contributed by atoms with van der Waals surface area (Å²) >= 11 is 0. The zero-order valence-electron chi connectivity index (χ0n) is 11.6. The molecule has 1 fully saturated rings. The van der Waals surface area contributed by atoms with Crippen molar-refractivity contribution in [2.45, 2.75) is 26.2 Å². The smallest absolute Gasteiger partial charge is 0.315 e. The van der Waals surface area contributed by atoms with Gasteiger partial charge < -0.3 is 15.3 Å². The first-order valence-electron chi connectivity index (χ1n) is 6.96. The first-order valence-corrected chi connectivity index (χ1v) is 6.96. The van der Waals surface area contributed by atoms with Gasteiger partial charge in [0.15, 0.2) is 0 Å². The van der Waals surface area contributed by atoms with Crippen molar-refractivity contribution < 1.29 is 14.7 Å². The number of anilines is 2. The summed E-state index contributed by atoms with van der Waals surface area (Å²) in [7, 11) is 0. The molecule has 1 atom stereocenters. The molecule has 1 aliphatic heterocycles. The van der Waals surface area contributed by atoms with E-state index in [0.29, 0.717) is 5.69 Å². The molecule has 1 aromatic carbocycles. The Morgan fingerprint density at radius 2 is 1.75 bits per heavy atom. The second kappa shape index (κ2) is 6.41. The second-order valence-electron chi connectivity index (χ2n) is 5.14. The van der Waals surface area contributed by atoms with Crippen LogP contribution in [-0.2, 0) is 9.59 Å². The summed E-state index contributed by atoms with van der Waals surface area (Å²) in [6.07, 6.45) is 3.72. The molecule has 0 saturated carbocycles. The summed E-state index contributed by atoms with van der Waals surface area (Å²) in [4.78, 5) is 24.7. The van der Waals surface area contributed by atoms with E-state index in [0.717, 1.165) is 18.8 Å². The van der Waals surface area contributed by atoms with Crippen LogP contribution in [0.25, 0.3) is 0 Å². The fourth-order valence-electron chi connectivity index (χ4n) is 2.27. The van der Waals surface area contributed by atoms with Crippen molar-refractivity contribution >= 4 is 23.3 Å². The maximum Gasteiger partial charge on any atom is 0.315 e. The van der Waals surface area contributed by atoms with E-state index in [4.69, 9.17) is 5.11 Å². The highest BCUT2D eigenvalue weighted by atomic mass is 16.4. The normalized spacial score (nSPS) is 16.6. The standard InChI is InChI=1S/C15H20N2O3/c1-11(15(19)20)14(18)16-12-5-7-13(8-6-12)17-9-3-2-4-10-17/h5-8,11H,2-4,9-10H2,1H3,(H,16,18)(H,19,20). The predicted molar refractivity (Wildman–Crippen MR) is 77.9 cm³/mol. The Bertz CT molecular complexity index is 478. The number of nitrogens with one attached hydrogen (secondary N) is 1. The van der Waals surface area contributed by atoms with Gasteiger partial charge in [0.2, 0.25) is 5.91 Å². The highest BCUT2D eigenvalue weighted by Crippen LogP contribution is 2.22. The maximum atomic E-state index is 11.6. The SMILES string of the molecule is CC(C(=O)O)C(=O)Nc1ccc(N2CCCCC2)cc1. The van der Waals surface area contributed by atoms with Crippen molar-refractivity contribution in [3.8, 4) is 0 Å². The summed E-state index contributed by atoms with van der Waals surface area (Å²) in [5.74, 6) is -2.66. The third-order valence-corrected chi connectivity index (χ3v) is 3.62. The molecule has 0 aliphatic carbocycles. The average Bonchev–Trinajstić information content (AvgIpc) is 2.48. The minimum absolute atomic E-state index is 0.497. The number of aliphatic carboxylic acids is 1. The van der Waals surface area contributed by atoms with Crippen LogP contribution in [0.4, 0.5) is 11.4 Å². The first kappa shape index (κ1) is 14.4. The van der Waals surface area contributed by atoms with Crippen LogP contribution >= 0.6 is 0 Å². The van der Waals surface area contributed by atoms with Gasteiger partial charge >= 0.3 is 5.97 Å². The molecule has 1 unspecified atom stereocenters. The van der Waals surface area contributed by atoms with Crippen molar-refractivity contribution in [1.82, 2.24) is 0 Å². The molecule has 20 heavy (non-hydrogen) atoms. The van der Waals surface area contributed by atoms with Gasteiger partial charge in [-0.25, -0.2) is 0 Å². The number of rotatable bonds is 4. The average molecular weight is 276 g/mol. The van der Waals surface area contributed by atoms with Gasteiger partial charge in [-0.3, -0.25) is 9.59 Å². The van der Waals surface area contributed by atoms with Crippen molar-refractivity contribution in [3.05, 3.63) is 24.3 Å². The third-order valence-electron chi connectivity index (χ3n) is 3.62. The Morgan fingerprint density at radius 1 is 1.15 bits per heavy atom. The van der Waals surface area contributed by atoms with Crippen LogP contribution < -0.4 is 10.2 Å². The highest BCUT2D eigenvalue weighted by molar-refractivity contribution is 6.03. The van der Waals surface area contributed by atoms with E-state index in [-0.39, 0.29) is 0 Å². The third kappa shape index (κ3) is 3.50. The minimum atomic E-state index is -1.12. The van der Waals surface area contributed by atoms with E-state index in [1.165, 1.54) is 26.2 Å². The topological polar surface area (TPSA) is 69.6 Å². The molecule has 2 N–H and O–H groups in total. The number of amides is 1. The Hall–Kier alpha value is -2.04. The maximum absolute atomic E-state index is 11.6. The van der Waals surface area contributed by atoms with E-state index in [1.807, 2.05) is 24.3 Å². The Labute approximate surface area is 118 Å². The number of carboxylic acids is 1. The van der Waals surface area contributed by atoms with E-state index >= 15 is 0 Å². The lowest BCUT2D eigenvalue weighted by Gasteiger charge is -2.28. The predicted octanol–water partition coefficient (Wildman–Crippen LogP) is 2.34. The fraction of sp³-hybridized carbons (Fsp3) is 0.467. The molecule has 0 aromatic heterocycles. The molecule has 1 aromatic rings. The molecule has 0 spiro atoms. The Kier molecular flexibility index (Phi) is 4.61. The van der Waals surface area contributed by atoms with Gasteiger partial charge in [0.25, 0.3) is 0 Å². The monoisotopic (exact) mass is 276 g/mol. The van der Waals surface area contributed by atoms with Crippen LogP contribution in [-0.4, -0.2) is 30.1 Å². The summed E-state index contributed by atoms with van der Waals surface area (Å²) in [5, 5.41) is 11.4. The van der Waals surface area contributed by atoms with Crippen LogP contribution in [0, 0.1) is 5.92 Å². The molecular formula is C15H20N2O3. The lowest BCUT2D eigenvalue weighted by Crippen LogP contribution is -2.29. The molecule has 1 aliphatic rings. The summed E-state index contributed by atoms with van der Waals surface area (Å²) in [6, 6.07) is 7.56. The van der Waals surface area contributed by atoms with Gasteiger partial charge in [-0.05, 0) is 50.5 Å². The van der Waals surface area contributed by atoms with Gasteiger partial charge in [-0.1, -0.05) is 0 Å². The van der Waals surface area contributed by atoms with E-state index in [1.54, 1.807) is 0 Å². The number of hydrogen-bond donors (Lipinski definition) is 2. The van der Waals surface area contributed by atoms with E-state index in [9.17, 15) is 9.59 Å². The molecule has 0 radical (unpaired) electrons. The van der Waals surface area contributed by atoms with Crippen molar-refractivity contribution in [3.63, 3.8) is 0 Å². The van der Waals surface area contributed by atoms with Crippen LogP contribution in [0.2, 0.25) is 0 Å². The van der Waals surface area contributed by atoms with Gasteiger partial charge in [0.05, 0.1) is 0 Å². The molecule has 1 heterocycles. The number of piperidine rings is 1. The lowest BCUT2D eigenvalue weighted by molar-refractivity contribution is -0.144. The number of hydrogen-bond acceptors (Lipinski definition) is 3. The summed E-state index contributed by atoms with van der Waals surface area (Å²) in [5.41, 5.74) is 1.78. The van der Waals surface area contributed by atoms with Gasteiger partial charge in [0.1, 0.15) is 5.92 Å². The quantitative estimate of drug-likeness (QED) is 0.828. The Balaban J connectivity index is 1.97. The molecule has 5 heteroatoms. The second-order valence-corrected chi connectivity index (χ2v) is 5.14. The van der Waals surface area contributed by atoms with Gasteiger partial charge in [-0.2, -0.15) is 0 Å². The van der Waals surface area contributed by atoms with Crippen molar-refractivity contribution in [2.75, 3.05) is 23.3 Å². The summed E-state index contributed by atoms with van der Waals surface area (Å²) < 4.78 is 0.